The van der Waals surface area contributed by atoms with E-state index in [0.29, 0.717) is 12.5 Å². The summed E-state index contributed by atoms with van der Waals surface area (Å²) >= 11 is 0. The number of aryl methyl sites for hydroxylation is 2. The van der Waals surface area contributed by atoms with Gasteiger partial charge in [-0.05, 0) is 51.3 Å². The Balaban J connectivity index is 2.24. The quantitative estimate of drug-likeness (QED) is 0.897. The van der Waals surface area contributed by atoms with E-state index >= 15 is 0 Å². The molecule has 4 heteroatoms. The SMILES string of the molecule is Cc1nc2cc(CCCC(=O)O)ccc2n1C(C)C. The Labute approximate surface area is 113 Å². The van der Waals surface area contributed by atoms with Crippen molar-refractivity contribution in [3.8, 4) is 0 Å². The van der Waals surface area contributed by atoms with Gasteiger partial charge in [-0.3, -0.25) is 4.79 Å². The molecule has 19 heavy (non-hydrogen) atoms. The van der Waals surface area contributed by atoms with Crippen molar-refractivity contribution in [1.82, 2.24) is 9.55 Å². The van der Waals surface area contributed by atoms with Crippen molar-refractivity contribution >= 4 is 17.0 Å². The number of hydrogen-bond acceptors (Lipinski definition) is 2. The van der Waals surface area contributed by atoms with Crippen molar-refractivity contribution in [3.05, 3.63) is 29.6 Å². The number of carbonyl (C=O) groups is 1. The number of rotatable bonds is 5. The number of carboxylic acid groups (broad SMARTS) is 1. The number of benzene rings is 1. The molecule has 0 aliphatic rings. The van der Waals surface area contributed by atoms with E-state index in [4.69, 9.17) is 5.11 Å². The standard InChI is InChI=1S/C15H20N2O2/c1-10(2)17-11(3)16-13-9-12(7-8-14(13)17)5-4-6-15(18)19/h7-10H,4-6H2,1-3H3,(H,18,19). The van der Waals surface area contributed by atoms with Crippen molar-refractivity contribution in [2.75, 3.05) is 0 Å². The van der Waals surface area contributed by atoms with Gasteiger partial charge in [0, 0.05) is 12.5 Å². The van der Waals surface area contributed by atoms with E-state index in [9.17, 15) is 4.79 Å². The van der Waals surface area contributed by atoms with Crippen LogP contribution in [0, 0.1) is 6.92 Å². The van der Waals surface area contributed by atoms with E-state index in [2.05, 4.69) is 41.6 Å². The number of carboxylic acids is 1. The highest BCUT2D eigenvalue weighted by molar-refractivity contribution is 5.77. The van der Waals surface area contributed by atoms with Crippen LogP contribution in [0.25, 0.3) is 11.0 Å². The van der Waals surface area contributed by atoms with Gasteiger partial charge in [-0.25, -0.2) is 4.98 Å². The average Bonchev–Trinajstić information content (AvgIpc) is 2.63. The minimum Gasteiger partial charge on any atom is -0.481 e. The first-order chi connectivity index (χ1) is 8.99. The van der Waals surface area contributed by atoms with E-state index in [-0.39, 0.29) is 6.42 Å². The van der Waals surface area contributed by atoms with Crippen LogP contribution in [0.1, 0.15) is 44.1 Å². The minimum atomic E-state index is -0.735. The molecular formula is C15H20N2O2. The first-order valence-electron chi connectivity index (χ1n) is 6.68. The zero-order valence-corrected chi connectivity index (χ0v) is 11.7. The van der Waals surface area contributed by atoms with E-state index < -0.39 is 5.97 Å². The second-order valence-electron chi connectivity index (χ2n) is 5.19. The lowest BCUT2D eigenvalue weighted by molar-refractivity contribution is -0.137. The van der Waals surface area contributed by atoms with E-state index in [1.54, 1.807) is 0 Å². The number of nitrogens with zero attached hydrogens (tertiary/aromatic N) is 2. The van der Waals surface area contributed by atoms with Gasteiger partial charge in [-0.1, -0.05) is 6.07 Å². The molecule has 0 spiro atoms. The zero-order valence-electron chi connectivity index (χ0n) is 11.7. The lowest BCUT2D eigenvalue weighted by Crippen LogP contribution is -2.02. The zero-order chi connectivity index (χ0) is 14.0. The highest BCUT2D eigenvalue weighted by Gasteiger charge is 2.10. The molecule has 0 saturated carbocycles. The molecule has 4 nitrogen and oxygen atoms in total. The topological polar surface area (TPSA) is 55.1 Å². The third-order valence-corrected chi connectivity index (χ3v) is 3.30. The second kappa shape index (κ2) is 5.43. The molecule has 0 radical (unpaired) electrons. The lowest BCUT2D eigenvalue weighted by atomic mass is 10.1. The van der Waals surface area contributed by atoms with Gasteiger partial charge in [0.1, 0.15) is 5.82 Å². The fourth-order valence-electron chi connectivity index (χ4n) is 2.52. The first-order valence-corrected chi connectivity index (χ1v) is 6.68. The van der Waals surface area contributed by atoms with Crippen LogP contribution in [0.4, 0.5) is 0 Å². The molecule has 1 aromatic heterocycles. The van der Waals surface area contributed by atoms with Crippen molar-refractivity contribution in [1.29, 1.82) is 0 Å². The number of hydrogen-bond donors (Lipinski definition) is 1. The lowest BCUT2D eigenvalue weighted by Gasteiger charge is -2.10. The molecule has 2 aromatic rings. The van der Waals surface area contributed by atoms with Gasteiger partial charge >= 0.3 is 5.97 Å². The summed E-state index contributed by atoms with van der Waals surface area (Å²) in [5.74, 6) is 0.286. The Bertz CT molecular complexity index is 599. The molecule has 2 rings (SSSR count). The largest absolute Gasteiger partial charge is 0.481 e. The van der Waals surface area contributed by atoms with Gasteiger partial charge < -0.3 is 9.67 Å². The van der Waals surface area contributed by atoms with Gasteiger partial charge in [0.15, 0.2) is 0 Å². The van der Waals surface area contributed by atoms with Crippen LogP contribution in [0.5, 0.6) is 0 Å². The molecule has 1 aromatic carbocycles. The summed E-state index contributed by atoms with van der Waals surface area (Å²) in [5.41, 5.74) is 3.30. The van der Waals surface area contributed by atoms with Gasteiger partial charge in [-0.15, -0.1) is 0 Å². The second-order valence-corrected chi connectivity index (χ2v) is 5.19. The predicted molar refractivity (Wildman–Crippen MR) is 75.4 cm³/mol. The summed E-state index contributed by atoms with van der Waals surface area (Å²) in [5, 5.41) is 8.65. The molecule has 1 heterocycles. The van der Waals surface area contributed by atoms with Crippen LogP contribution in [-0.4, -0.2) is 20.6 Å². The minimum absolute atomic E-state index is 0.220. The Morgan fingerprint density at radius 2 is 2.16 bits per heavy atom. The van der Waals surface area contributed by atoms with E-state index in [1.165, 1.54) is 0 Å². The fraction of sp³-hybridized carbons (Fsp3) is 0.467. The summed E-state index contributed by atoms with van der Waals surface area (Å²) in [7, 11) is 0. The fourth-order valence-corrected chi connectivity index (χ4v) is 2.52. The van der Waals surface area contributed by atoms with E-state index in [1.807, 2.05) is 6.92 Å². The summed E-state index contributed by atoms with van der Waals surface area (Å²) < 4.78 is 2.22. The van der Waals surface area contributed by atoms with Crippen molar-refractivity contribution in [3.63, 3.8) is 0 Å². The van der Waals surface area contributed by atoms with Crippen LogP contribution in [0.2, 0.25) is 0 Å². The van der Waals surface area contributed by atoms with Gasteiger partial charge in [0.25, 0.3) is 0 Å². The van der Waals surface area contributed by atoms with Gasteiger partial charge in [0.2, 0.25) is 0 Å². The molecule has 0 atom stereocenters. The third kappa shape index (κ3) is 2.95. The van der Waals surface area contributed by atoms with Crippen LogP contribution in [-0.2, 0) is 11.2 Å². The summed E-state index contributed by atoms with van der Waals surface area (Å²) in [4.78, 5) is 15.1. The maximum absolute atomic E-state index is 10.5. The van der Waals surface area contributed by atoms with Crippen molar-refractivity contribution < 1.29 is 9.90 Å². The number of fused-ring (bicyclic) bond motifs is 1. The van der Waals surface area contributed by atoms with Crippen LogP contribution >= 0.6 is 0 Å². The normalized spacial score (nSPS) is 11.4. The summed E-state index contributed by atoms with van der Waals surface area (Å²) in [6.45, 7) is 6.31. The maximum Gasteiger partial charge on any atom is 0.303 e. The Morgan fingerprint density at radius 1 is 1.42 bits per heavy atom. The molecule has 0 fully saturated rings. The molecule has 0 amide bonds. The maximum atomic E-state index is 10.5. The number of imidazole rings is 1. The predicted octanol–water partition coefficient (Wildman–Crippen LogP) is 3.33. The highest BCUT2D eigenvalue weighted by atomic mass is 16.4. The molecule has 0 saturated heterocycles. The number of aromatic nitrogens is 2. The van der Waals surface area contributed by atoms with Crippen LogP contribution < -0.4 is 0 Å². The summed E-state index contributed by atoms with van der Waals surface area (Å²) in [6, 6.07) is 6.63. The molecule has 0 aliphatic heterocycles. The number of aliphatic carboxylic acids is 1. The smallest absolute Gasteiger partial charge is 0.303 e. The van der Waals surface area contributed by atoms with Gasteiger partial charge in [0.05, 0.1) is 11.0 Å². The van der Waals surface area contributed by atoms with Crippen molar-refractivity contribution in [2.24, 2.45) is 0 Å². The third-order valence-electron chi connectivity index (χ3n) is 3.30. The molecule has 0 unspecified atom stereocenters. The first kappa shape index (κ1) is 13.6. The van der Waals surface area contributed by atoms with Crippen LogP contribution in [0.3, 0.4) is 0 Å². The van der Waals surface area contributed by atoms with Crippen molar-refractivity contribution in [2.45, 2.75) is 46.1 Å². The molecular weight excluding hydrogens is 240 g/mol. The van der Waals surface area contributed by atoms with Gasteiger partial charge in [-0.2, -0.15) is 0 Å². The highest BCUT2D eigenvalue weighted by Crippen LogP contribution is 2.22. The molecule has 102 valence electrons. The Kier molecular flexibility index (Phi) is 3.88. The monoisotopic (exact) mass is 260 g/mol. The van der Waals surface area contributed by atoms with Crippen LogP contribution in [0.15, 0.2) is 18.2 Å². The molecule has 0 bridgehead atoms. The Morgan fingerprint density at radius 3 is 2.79 bits per heavy atom. The van der Waals surface area contributed by atoms with E-state index in [0.717, 1.165) is 28.8 Å². The summed E-state index contributed by atoms with van der Waals surface area (Å²) in [6.07, 6.45) is 1.68. The Hall–Kier alpha value is -1.84. The molecule has 0 aliphatic carbocycles. The molecule has 1 N–H and O–H groups in total. The average molecular weight is 260 g/mol.